The minimum Gasteiger partial charge on any atom is -0.329 e. The number of hydrogen-bond acceptors (Lipinski definition) is 3. The number of nitrogens with one attached hydrogen (secondary N) is 1. The van der Waals surface area contributed by atoms with E-state index in [0.717, 1.165) is 13.0 Å². The third kappa shape index (κ3) is 3.78. The lowest BCUT2D eigenvalue weighted by molar-refractivity contribution is 0.554. The number of nitrogens with two attached hydrogens (primary N) is 1. The average Bonchev–Trinajstić information content (AvgIpc) is 2.65. The van der Waals surface area contributed by atoms with Crippen molar-refractivity contribution in [3.05, 3.63) is 34.0 Å². The maximum atomic E-state index is 5.77. The Morgan fingerprint density at radius 1 is 1.60 bits per heavy atom. The highest BCUT2D eigenvalue weighted by atomic mass is 32.1. The van der Waals surface area contributed by atoms with Gasteiger partial charge in [-0.2, -0.15) is 0 Å². The molecule has 1 aromatic rings. The van der Waals surface area contributed by atoms with Crippen molar-refractivity contribution in [1.29, 1.82) is 0 Å². The number of rotatable bonds is 6. The molecule has 0 aliphatic rings. The number of aryl methyl sites for hydroxylation is 1. The third-order valence-corrected chi connectivity index (χ3v) is 3.52. The van der Waals surface area contributed by atoms with Crippen molar-refractivity contribution < 1.29 is 0 Å². The van der Waals surface area contributed by atoms with Crippen LogP contribution < -0.4 is 11.1 Å². The summed E-state index contributed by atoms with van der Waals surface area (Å²) < 4.78 is 0. The van der Waals surface area contributed by atoms with E-state index in [1.807, 2.05) is 6.92 Å². The van der Waals surface area contributed by atoms with E-state index in [9.17, 15) is 0 Å². The highest BCUT2D eigenvalue weighted by molar-refractivity contribution is 7.10. The van der Waals surface area contributed by atoms with E-state index in [1.54, 1.807) is 11.3 Å². The predicted octanol–water partition coefficient (Wildman–Crippen LogP) is 2.61. The molecule has 0 aromatic carbocycles. The molecule has 1 aromatic heterocycles. The van der Waals surface area contributed by atoms with Gasteiger partial charge in [-0.05, 0) is 43.8 Å². The summed E-state index contributed by atoms with van der Waals surface area (Å²) in [5, 5.41) is 5.61. The van der Waals surface area contributed by atoms with Crippen LogP contribution in [0, 0.1) is 6.92 Å². The van der Waals surface area contributed by atoms with Gasteiger partial charge in [0.2, 0.25) is 0 Å². The van der Waals surface area contributed by atoms with Gasteiger partial charge < -0.3 is 11.1 Å². The molecule has 1 unspecified atom stereocenters. The van der Waals surface area contributed by atoms with Gasteiger partial charge in [0.1, 0.15) is 0 Å². The van der Waals surface area contributed by atoms with Crippen molar-refractivity contribution in [3.63, 3.8) is 0 Å². The van der Waals surface area contributed by atoms with Gasteiger partial charge in [-0.3, -0.25) is 0 Å². The van der Waals surface area contributed by atoms with Crippen molar-refractivity contribution in [1.82, 2.24) is 5.32 Å². The van der Waals surface area contributed by atoms with Gasteiger partial charge in [0.15, 0.2) is 0 Å². The lowest BCUT2D eigenvalue weighted by Gasteiger charge is -2.15. The van der Waals surface area contributed by atoms with Gasteiger partial charge in [0.25, 0.3) is 0 Å². The second kappa shape index (κ2) is 6.77. The van der Waals surface area contributed by atoms with Crippen LogP contribution in [0.1, 0.15) is 29.8 Å². The Hall–Kier alpha value is -0.640. The van der Waals surface area contributed by atoms with Gasteiger partial charge in [-0.1, -0.05) is 12.2 Å². The molecule has 3 heteroatoms. The van der Waals surface area contributed by atoms with Crippen molar-refractivity contribution in [2.24, 2.45) is 5.73 Å². The molecule has 0 radical (unpaired) electrons. The lowest BCUT2D eigenvalue weighted by atomic mass is 10.1. The second-order valence-corrected chi connectivity index (χ2v) is 4.52. The van der Waals surface area contributed by atoms with Crippen LogP contribution in [-0.2, 0) is 0 Å². The average molecular weight is 224 g/mol. The molecule has 3 N–H and O–H groups in total. The van der Waals surface area contributed by atoms with Gasteiger partial charge in [0.05, 0.1) is 6.04 Å². The zero-order valence-electron chi connectivity index (χ0n) is 9.49. The number of hydrogen-bond donors (Lipinski definition) is 2. The Balaban J connectivity index is 2.46. The van der Waals surface area contributed by atoms with E-state index in [1.165, 1.54) is 10.4 Å². The first kappa shape index (κ1) is 12.4. The summed E-state index contributed by atoms with van der Waals surface area (Å²) in [5.74, 6) is 0. The molecule has 0 saturated carbocycles. The van der Waals surface area contributed by atoms with Crippen molar-refractivity contribution in [2.45, 2.75) is 26.3 Å². The summed E-state index contributed by atoms with van der Waals surface area (Å²) in [5.41, 5.74) is 7.12. The largest absolute Gasteiger partial charge is 0.329 e. The summed E-state index contributed by atoms with van der Waals surface area (Å²) in [6.07, 6.45) is 5.31. The Morgan fingerprint density at radius 2 is 2.40 bits per heavy atom. The van der Waals surface area contributed by atoms with Crippen LogP contribution in [0.25, 0.3) is 0 Å². The number of thiophene rings is 1. The zero-order valence-corrected chi connectivity index (χ0v) is 10.3. The summed E-state index contributed by atoms with van der Waals surface area (Å²) in [6, 6.07) is 2.46. The Kier molecular flexibility index (Phi) is 5.61. The maximum absolute atomic E-state index is 5.77. The minimum absolute atomic E-state index is 0.315. The van der Waals surface area contributed by atoms with Crippen molar-refractivity contribution in [3.8, 4) is 0 Å². The second-order valence-electron chi connectivity index (χ2n) is 3.57. The van der Waals surface area contributed by atoms with Crippen molar-refractivity contribution in [2.75, 3.05) is 13.1 Å². The molecule has 0 saturated heterocycles. The van der Waals surface area contributed by atoms with Gasteiger partial charge in [0, 0.05) is 11.4 Å². The summed E-state index contributed by atoms with van der Waals surface area (Å²) >= 11 is 1.79. The molecule has 0 spiro atoms. The molecule has 0 amide bonds. The minimum atomic E-state index is 0.315. The SMILES string of the molecule is C/C=C/CCNC(CN)c1sccc1C. The fourth-order valence-corrected chi connectivity index (χ4v) is 2.55. The fraction of sp³-hybridized carbons (Fsp3) is 0.500. The van der Waals surface area contributed by atoms with Gasteiger partial charge >= 0.3 is 0 Å². The van der Waals surface area contributed by atoms with E-state index in [2.05, 4.69) is 35.8 Å². The standard InChI is InChI=1S/C12H20N2S/c1-3-4-5-7-14-11(9-13)12-10(2)6-8-15-12/h3-4,6,8,11,14H,5,7,9,13H2,1-2H3/b4-3+. The van der Waals surface area contributed by atoms with E-state index in [-0.39, 0.29) is 0 Å². The molecule has 2 nitrogen and oxygen atoms in total. The topological polar surface area (TPSA) is 38.0 Å². The first-order valence-corrected chi connectivity index (χ1v) is 6.26. The van der Waals surface area contributed by atoms with Crippen LogP contribution in [0.3, 0.4) is 0 Å². The third-order valence-electron chi connectivity index (χ3n) is 2.39. The molecule has 0 aliphatic carbocycles. The van der Waals surface area contributed by atoms with E-state index >= 15 is 0 Å². The molecule has 0 bridgehead atoms. The smallest absolute Gasteiger partial charge is 0.0542 e. The van der Waals surface area contributed by atoms with Crippen LogP contribution in [0.5, 0.6) is 0 Å². The fourth-order valence-electron chi connectivity index (χ4n) is 1.53. The molecule has 1 rings (SSSR count). The van der Waals surface area contributed by atoms with E-state index in [4.69, 9.17) is 5.73 Å². The quantitative estimate of drug-likeness (QED) is 0.576. The van der Waals surface area contributed by atoms with Crippen LogP contribution in [0.15, 0.2) is 23.6 Å². The van der Waals surface area contributed by atoms with Crippen LogP contribution in [-0.4, -0.2) is 13.1 Å². The zero-order chi connectivity index (χ0) is 11.1. The van der Waals surface area contributed by atoms with E-state index in [0.29, 0.717) is 12.6 Å². The van der Waals surface area contributed by atoms with Crippen LogP contribution in [0.2, 0.25) is 0 Å². The molecular weight excluding hydrogens is 204 g/mol. The molecular formula is C12H20N2S. The highest BCUT2D eigenvalue weighted by Gasteiger charge is 2.11. The van der Waals surface area contributed by atoms with Crippen LogP contribution in [0.4, 0.5) is 0 Å². The predicted molar refractivity (Wildman–Crippen MR) is 68.3 cm³/mol. The van der Waals surface area contributed by atoms with Crippen molar-refractivity contribution >= 4 is 11.3 Å². The molecule has 0 fully saturated rings. The Bertz CT molecular complexity index is 304. The number of allylic oxidation sites excluding steroid dienone is 1. The molecule has 1 atom stereocenters. The van der Waals surface area contributed by atoms with Gasteiger partial charge in [-0.25, -0.2) is 0 Å². The molecule has 0 aliphatic heterocycles. The maximum Gasteiger partial charge on any atom is 0.0542 e. The van der Waals surface area contributed by atoms with Gasteiger partial charge in [-0.15, -0.1) is 11.3 Å². The Morgan fingerprint density at radius 3 is 2.93 bits per heavy atom. The molecule has 1 heterocycles. The first-order chi connectivity index (χ1) is 7.29. The monoisotopic (exact) mass is 224 g/mol. The van der Waals surface area contributed by atoms with E-state index < -0.39 is 0 Å². The lowest BCUT2D eigenvalue weighted by Crippen LogP contribution is -2.28. The summed E-state index contributed by atoms with van der Waals surface area (Å²) in [4.78, 5) is 1.37. The first-order valence-electron chi connectivity index (χ1n) is 5.38. The summed E-state index contributed by atoms with van der Waals surface area (Å²) in [6.45, 7) is 5.84. The summed E-state index contributed by atoms with van der Waals surface area (Å²) in [7, 11) is 0. The molecule has 84 valence electrons. The normalized spacial score (nSPS) is 13.5. The Labute approximate surface area is 96.2 Å². The van der Waals surface area contributed by atoms with Crippen LogP contribution >= 0.6 is 11.3 Å². The highest BCUT2D eigenvalue weighted by Crippen LogP contribution is 2.22. The molecule has 15 heavy (non-hydrogen) atoms.